The van der Waals surface area contributed by atoms with Gasteiger partial charge < -0.3 is 5.73 Å². The SMILES string of the molecule is Cc1cc(C(N)CC(F)(F)F)sc1C. The topological polar surface area (TPSA) is 26.0 Å². The summed E-state index contributed by atoms with van der Waals surface area (Å²) in [5.41, 5.74) is 6.46. The van der Waals surface area contributed by atoms with E-state index in [1.54, 1.807) is 6.07 Å². The van der Waals surface area contributed by atoms with E-state index in [2.05, 4.69) is 0 Å². The van der Waals surface area contributed by atoms with E-state index >= 15 is 0 Å². The van der Waals surface area contributed by atoms with Crippen molar-refractivity contribution in [1.82, 2.24) is 0 Å². The van der Waals surface area contributed by atoms with Crippen LogP contribution < -0.4 is 5.73 Å². The number of halogens is 3. The average Bonchev–Trinajstić information content (AvgIpc) is 2.28. The Balaban J connectivity index is 2.75. The van der Waals surface area contributed by atoms with Crippen LogP contribution in [0.3, 0.4) is 0 Å². The molecule has 14 heavy (non-hydrogen) atoms. The predicted octanol–water partition coefficient (Wildman–Crippen LogP) is 3.32. The third-order valence-corrected chi connectivity index (χ3v) is 3.29. The van der Waals surface area contributed by atoms with Gasteiger partial charge >= 0.3 is 6.18 Å². The Bertz CT molecular complexity index is 297. The van der Waals surface area contributed by atoms with Gasteiger partial charge in [0.1, 0.15) is 0 Å². The molecule has 0 bridgehead atoms. The Hall–Kier alpha value is -0.550. The Morgan fingerprint density at radius 2 is 2.00 bits per heavy atom. The van der Waals surface area contributed by atoms with Crippen LogP contribution >= 0.6 is 11.3 Å². The monoisotopic (exact) mass is 223 g/mol. The van der Waals surface area contributed by atoms with Crippen LogP contribution in [0.1, 0.15) is 27.8 Å². The molecule has 0 aliphatic heterocycles. The Morgan fingerprint density at radius 3 is 2.36 bits per heavy atom. The van der Waals surface area contributed by atoms with Crippen molar-refractivity contribution in [2.75, 3.05) is 0 Å². The van der Waals surface area contributed by atoms with E-state index in [1.807, 2.05) is 13.8 Å². The maximum atomic E-state index is 12.0. The van der Waals surface area contributed by atoms with E-state index < -0.39 is 18.6 Å². The maximum absolute atomic E-state index is 12.0. The van der Waals surface area contributed by atoms with Gasteiger partial charge in [-0.15, -0.1) is 11.3 Å². The van der Waals surface area contributed by atoms with Crippen LogP contribution in [0.15, 0.2) is 6.07 Å². The number of hydrogen-bond donors (Lipinski definition) is 1. The molecule has 1 atom stereocenters. The number of aryl methyl sites for hydroxylation is 2. The summed E-state index contributed by atoms with van der Waals surface area (Å²) in [6.07, 6.45) is -5.14. The van der Waals surface area contributed by atoms with Gasteiger partial charge in [0.2, 0.25) is 0 Å². The minimum atomic E-state index is -4.19. The van der Waals surface area contributed by atoms with Crippen molar-refractivity contribution in [3.63, 3.8) is 0 Å². The van der Waals surface area contributed by atoms with Crippen LogP contribution in [0.4, 0.5) is 13.2 Å². The fourth-order valence-electron chi connectivity index (χ4n) is 1.13. The normalized spacial score (nSPS) is 14.4. The highest BCUT2D eigenvalue weighted by Gasteiger charge is 2.31. The lowest BCUT2D eigenvalue weighted by molar-refractivity contribution is -0.138. The Morgan fingerprint density at radius 1 is 1.43 bits per heavy atom. The standard InChI is InChI=1S/C9H12F3NS/c1-5-3-8(14-6(5)2)7(13)4-9(10,11)12/h3,7H,4,13H2,1-2H3. The molecule has 1 aromatic heterocycles. The molecule has 0 saturated heterocycles. The zero-order valence-corrected chi connectivity index (χ0v) is 8.80. The molecule has 1 rings (SSSR count). The van der Waals surface area contributed by atoms with Crippen molar-refractivity contribution in [2.24, 2.45) is 5.73 Å². The highest BCUT2D eigenvalue weighted by atomic mass is 32.1. The van der Waals surface area contributed by atoms with Crippen LogP contribution in [0.5, 0.6) is 0 Å². The van der Waals surface area contributed by atoms with Crippen molar-refractivity contribution >= 4 is 11.3 Å². The number of hydrogen-bond acceptors (Lipinski definition) is 2. The largest absolute Gasteiger partial charge is 0.390 e. The molecule has 1 heterocycles. The van der Waals surface area contributed by atoms with E-state index in [9.17, 15) is 13.2 Å². The van der Waals surface area contributed by atoms with Gasteiger partial charge in [0.15, 0.2) is 0 Å². The first-order valence-electron chi connectivity index (χ1n) is 4.19. The van der Waals surface area contributed by atoms with Crippen molar-refractivity contribution in [2.45, 2.75) is 32.5 Å². The number of alkyl halides is 3. The maximum Gasteiger partial charge on any atom is 0.390 e. The molecule has 5 heteroatoms. The Kier molecular flexibility index (Phi) is 3.21. The fraction of sp³-hybridized carbons (Fsp3) is 0.556. The van der Waals surface area contributed by atoms with Crippen LogP contribution in [0, 0.1) is 13.8 Å². The van der Waals surface area contributed by atoms with E-state index in [0.717, 1.165) is 10.4 Å². The molecule has 0 amide bonds. The number of rotatable bonds is 2. The fourth-order valence-corrected chi connectivity index (χ4v) is 2.18. The average molecular weight is 223 g/mol. The first kappa shape index (κ1) is 11.5. The first-order valence-corrected chi connectivity index (χ1v) is 5.00. The quantitative estimate of drug-likeness (QED) is 0.817. The molecule has 0 spiro atoms. The molecule has 1 nitrogen and oxygen atoms in total. The lowest BCUT2D eigenvalue weighted by Gasteiger charge is -2.11. The lowest BCUT2D eigenvalue weighted by Crippen LogP contribution is -2.19. The minimum Gasteiger partial charge on any atom is -0.323 e. The van der Waals surface area contributed by atoms with E-state index in [1.165, 1.54) is 11.3 Å². The zero-order chi connectivity index (χ0) is 10.9. The zero-order valence-electron chi connectivity index (χ0n) is 7.98. The van der Waals surface area contributed by atoms with Crippen LogP contribution in [-0.4, -0.2) is 6.18 Å². The summed E-state index contributed by atoms with van der Waals surface area (Å²) in [7, 11) is 0. The molecule has 1 aromatic rings. The highest BCUT2D eigenvalue weighted by molar-refractivity contribution is 7.12. The summed E-state index contributed by atoms with van der Waals surface area (Å²) in [5, 5.41) is 0. The molecule has 2 N–H and O–H groups in total. The molecule has 80 valence electrons. The summed E-state index contributed by atoms with van der Waals surface area (Å²) in [6, 6.07) is 0.809. The van der Waals surface area contributed by atoms with Gasteiger partial charge in [-0.3, -0.25) is 0 Å². The van der Waals surface area contributed by atoms with Gasteiger partial charge in [0.05, 0.1) is 6.42 Å². The number of thiophene rings is 1. The highest BCUT2D eigenvalue weighted by Crippen LogP contribution is 2.32. The second-order valence-corrected chi connectivity index (χ2v) is 4.60. The predicted molar refractivity (Wildman–Crippen MR) is 51.4 cm³/mol. The molecule has 0 saturated carbocycles. The van der Waals surface area contributed by atoms with Crippen molar-refractivity contribution in [3.05, 3.63) is 21.4 Å². The smallest absolute Gasteiger partial charge is 0.323 e. The van der Waals surface area contributed by atoms with Gasteiger partial charge in [0, 0.05) is 15.8 Å². The van der Waals surface area contributed by atoms with Crippen LogP contribution in [0.25, 0.3) is 0 Å². The van der Waals surface area contributed by atoms with E-state index in [0.29, 0.717) is 4.88 Å². The molecular weight excluding hydrogens is 211 g/mol. The molecule has 1 unspecified atom stereocenters. The van der Waals surface area contributed by atoms with Gasteiger partial charge in [-0.1, -0.05) is 0 Å². The van der Waals surface area contributed by atoms with Crippen molar-refractivity contribution in [3.8, 4) is 0 Å². The third kappa shape index (κ3) is 2.99. The second kappa shape index (κ2) is 3.90. The molecular formula is C9H12F3NS. The molecule has 0 aromatic carbocycles. The second-order valence-electron chi connectivity index (χ2n) is 3.31. The van der Waals surface area contributed by atoms with Crippen LogP contribution in [-0.2, 0) is 0 Å². The first-order chi connectivity index (χ1) is 6.29. The lowest BCUT2D eigenvalue weighted by atomic mass is 10.1. The van der Waals surface area contributed by atoms with Crippen LogP contribution in [0.2, 0.25) is 0 Å². The summed E-state index contributed by atoms with van der Waals surface area (Å²) < 4.78 is 36.1. The minimum absolute atomic E-state index is 0.609. The molecule has 0 fully saturated rings. The van der Waals surface area contributed by atoms with Gasteiger partial charge in [0.25, 0.3) is 0 Å². The van der Waals surface area contributed by atoms with Gasteiger partial charge in [-0.25, -0.2) is 0 Å². The Labute approximate surface area is 84.7 Å². The van der Waals surface area contributed by atoms with E-state index in [4.69, 9.17) is 5.73 Å². The molecule has 0 radical (unpaired) electrons. The van der Waals surface area contributed by atoms with Gasteiger partial charge in [-0.05, 0) is 25.5 Å². The summed E-state index contributed by atoms with van der Waals surface area (Å²) in [4.78, 5) is 1.63. The van der Waals surface area contributed by atoms with Gasteiger partial charge in [-0.2, -0.15) is 13.2 Å². The molecule has 0 aliphatic rings. The summed E-state index contributed by atoms with van der Waals surface area (Å²) in [6.45, 7) is 3.75. The van der Waals surface area contributed by atoms with E-state index in [-0.39, 0.29) is 0 Å². The van der Waals surface area contributed by atoms with Crippen molar-refractivity contribution in [1.29, 1.82) is 0 Å². The molecule has 0 aliphatic carbocycles. The number of nitrogens with two attached hydrogens (primary N) is 1. The summed E-state index contributed by atoms with van der Waals surface area (Å²) >= 11 is 1.34. The summed E-state index contributed by atoms with van der Waals surface area (Å²) in [5.74, 6) is 0. The third-order valence-electron chi connectivity index (χ3n) is 2.00. The van der Waals surface area contributed by atoms with Crippen molar-refractivity contribution < 1.29 is 13.2 Å².